The van der Waals surface area contributed by atoms with Gasteiger partial charge in [0.2, 0.25) is 0 Å². The van der Waals surface area contributed by atoms with Crippen LogP contribution in [0.2, 0.25) is 0 Å². The fraction of sp³-hybridized carbons (Fsp3) is 0.231. The first-order valence-electron chi connectivity index (χ1n) is 21.0. The summed E-state index contributed by atoms with van der Waals surface area (Å²) in [5.74, 6) is 4.43. The van der Waals surface area contributed by atoms with E-state index in [1.165, 1.54) is 38.5 Å². The Bertz CT molecular complexity index is 2860. The summed E-state index contributed by atoms with van der Waals surface area (Å²) in [4.78, 5) is 4.74. The number of rotatable bonds is 2. The topological polar surface area (TPSA) is 38.1 Å². The van der Waals surface area contributed by atoms with Gasteiger partial charge < -0.3 is 18.8 Å². The van der Waals surface area contributed by atoms with Crippen molar-refractivity contribution >= 4 is 80.5 Å². The maximum absolute atomic E-state index is 7.28. The van der Waals surface area contributed by atoms with Gasteiger partial charge in [0.15, 0.2) is 5.88 Å². The Morgan fingerprint density at radius 2 is 0.966 bits per heavy atom. The van der Waals surface area contributed by atoms with Crippen LogP contribution in [0, 0.1) is 0 Å². The number of hydrogen-bond donors (Lipinski definition) is 0. The van der Waals surface area contributed by atoms with Crippen molar-refractivity contribution in [1.82, 2.24) is 0 Å². The van der Waals surface area contributed by atoms with E-state index in [2.05, 4.69) is 193 Å². The van der Waals surface area contributed by atoms with Gasteiger partial charge in [-0.05, 0) is 126 Å². The predicted octanol–water partition coefficient (Wildman–Crippen LogP) is 9.98. The number of ether oxygens (including phenoxy) is 2. The maximum Gasteiger partial charge on any atom is 0.260 e. The molecule has 0 saturated heterocycles. The molecule has 0 unspecified atom stereocenters. The Hall–Kier alpha value is -6.07. The summed E-state index contributed by atoms with van der Waals surface area (Å²) in [6.07, 6.45) is 1.85. The predicted molar refractivity (Wildman–Crippen MR) is 247 cm³/mol. The van der Waals surface area contributed by atoms with Crippen molar-refractivity contribution < 1.29 is 13.9 Å². The Balaban J connectivity index is 1.18. The molecule has 6 aromatic carbocycles. The van der Waals surface area contributed by atoms with Gasteiger partial charge in [-0.1, -0.05) is 117 Å². The first-order chi connectivity index (χ1) is 28.1. The number of anilines is 6. The van der Waals surface area contributed by atoms with Gasteiger partial charge in [-0.25, -0.2) is 0 Å². The van der Waals surface area contributed by atoms with Crippen molar-refractivity contribution in [2.24, 2.45) is 0 Å². The van der Waals surface area contributed by atoms with Gasteiger partial charge in [0.25, 0.3) is 13.4 Å². The zero-order chi connectivity index (χ0) is 40.7. The SMILES string of the molecule is CC(C)(C)c1ccc(N2c3cc(C(C)(C)C)cc4c3B(c3cc5c(cc3O4)N(c3ccccc3)c3cc(C(C)(C)C)cc4c3B5c3ccccc3O4)c3ccoc32)cc1. The molecule has 7 aromatic rings. The summed E-state index contributed by atoms with van der Waals surface area (Å²) in [7, 11) is 0. The molecule has 0 fully saturated rings. The standard InChI is InChI=1S/C52H48B2N2O3/c1-50(2,3)31-19-21-35(22-20-31)56-42-26-33(52(7,8)9)28-46-48(42)54(37-23-24-57-49(37)56)39-29-38-40(30-44(39)59-46)55(34-15-11-10-12-16-34)41-25-32(51(4,5)6)27-45-47(41)53(38)36-17-13-14-18-43(36)58-45/h10-30H,1-9H3. The van der Waals surface area contributed by atoms with E-state index in [1.807, 2.05) is 6.26 Å². The zero-order valence-corrected chi connectivity index (χ0v) is 35.4. The summed E-state index contributed by atoms with van der Waals surface area (Å²) in [5.41, 5.74) is 16.1. The molecule has 0 atom stereocenters. The lowest BCUT2D eigenvalue weighted by atomic mass is 9.31. The molecule has 0 aliphatic carbocycles. The van der Waals surface area contributed by atoms with Gasteiger partial charge in [0, 0.05) is 34.5 Å². The van der Waals surface area contributed by atoms with Crippen LogP contribution >= 0.6 is 0 Å². The fourth-order valence-electron chi connectivity index (χ4n) is 9.73. The van der Waals surface area contributed by atoms with Gasteiger partial charge in [0.05, 0.1) is 6.26 Å². The number of furan rings is 1. The van der Waals surface area contributed by atoms with E-state index in [1.54, 1.807) is 0 Å². The molecular weight excluding hydrogens is 722 g/mol. The van der Waals surface area contributed by atoms with Gasteiger partial charge in [-0.2, -0.15) is 0 Å². The highest BCUT2D eigenvalue weighted by Crippen LogP contribution is 2.47. The summed E-state index contributed by atoms with van der Waals surface area (Å²) in [6, 6.07) is 44.5. The van der Waals surface area contributed by atoms with Crippen LogP contribution in [0.4, 0.5) is 34.3 Å². The second kappa shape index (κ2) is 12.2. The molecular formula is C52H48B2N2O3. The van der Waals surface area contributed by atoms with E-state index in [0.29, 0.717) is 0 Å². The Labute approximate surface area is 348 Å². The molecule has 0 bridgehead atoms. The minimum Gasteiger partial charge on any atom is -0.458 e. The average Bonchev–Trinajstić information content (AvgIpc) is 3.69. The molecule has 0 radical (unpaired) electrons. The summed E-state index contributed by atoms with van der Waals surface area (Å²) < 4.78 is 20.7. The van der Waals surface area contributed by atoms with Crippen LogP contribution in [0.25, 0.3) is 0 Å². The van der Waals surface area contributed by atoms with Gasteiger partial charge in [0.1, 0.15) is 23.0 Å². The third kappa shape index (κ3) is 5.39. The highest BCUT2D eigenvalue weighted by molar-refractivity contribution is 7.02. The van der Waals surface area contributed by atoms with Gasteiger partial charge >= 0.3 is 0 Å². The molecule has 290 valence electrons. The van der Waals surface area contributed by atoms with Crippen molar-refractivity contribution in [2.45, 2.75) is 78.6 Å². The van der Waals surface area contributed by atoms with Crippen molar-refractivity contribution in [1.29, 1.82) is 0 Å². The average molecular weight is 771 g/mol. The number of nitrogens with zero attached hydrogens (tertiary/aromatic N) is 2. The fourth-order valence-corrected chi connectivity index (χ4v) is 9.73. The number of hydrogen-bond acceptors (Lipinski definition) is 5. The number of para-hydroxylation sites is 2. The highest BCUT2D eigenvalue weighted by atomic mass is 16.5. The van der Waals surface area contributed by atoms with E-state index in [0.717, 1.165) is 68.2 Å². The second-order valence-corrected chi connectivity index (χ2v) is 19.9. The highest BCUT2D eigenvalue weighted by Gasteiger charge is 2.48. The lowest BCUT2D eigenvalue weighted by Gasteiger charge is -2.43. The molecule has 59 heavy (non-hydrogen) atoms. The molecule has 0 saturated carbocycles. The quantitative estimate of drug-likeness (QED) is 0.164. The first kappa shape index (κ1) is 36.0. The molecule has 0 amide bonds. The van der Waals surface area contributed by atoms with Crippen LogP contribution in [-0.4, -0.2) is 13.4 Å². The van der Waals surface area contributed by atoms with Crippen LogP contribution in [0.3, 0.4) is 0 Å². The van der Waals surface area contributed by atoms with E-state index in [9.17, 15) is 0 Å². The van der Waals surface area contributed by atoms with E-state index < -0.39 is 0 Å². The summed E-state index contributed by atoms with van der Waals surface area (Å²) in [6.45, 7) is 20.3. The molecule has 4 aliphatic heterocycles. The molecule has 5 nitrogen and oxygen atoms in total. The monoisotopic (exact) mass is 770 g/mol. The van der Waals surface area contributed by atoms with Gasteiger partial charge in [-0.3, -0.25) is 4.90 Å². The van der Waals surface area contributed by atoms with Crippen molar-refractivity contribution in [3.8, 4) is 23.0 Å². The number of fused-ring (bicyclic) bond motifs is 8. The minimum atomic E-state index is -0.127. The largest absolute Gasteiger partial charge is 0.458 e. The van der Waals surface area contributed by atoms with Gasteiger partial charge in [-0.15, -0.1) is 0 Å². The van der Waals surface area contributed by atoms with E-state index in [-0.39, 0.29) is 29.7 Å². The Morgan fingerprint density at radius 1 is 0.407 bits per heavy atom. The van der Waals surface area contributed by atoms with Crippen LogP contribution in [-0.2, 0) is 16.2 Å². The maximum atomic E-state index is 7.28. The van der Waals surface area contributed by atoms with Crippen LogP contribution < -0.4 is 52.1 Å². The lowest BCUT2D eigenvalue weighted by molar-refractivity contribution is 0.482. The smallest absolute Gasteiger partial charge is 0.260 e. The van der Waals surface area contributed by atoms with E-state index >= 15 is 0 Å². The molecule has 1 aromatic heterocycles. The molecule has 4 aliphatic rings. The lowest BCUT2D eigenvalue weighted by Crippen LogP contribution is -2.63. The molecule has 11 rings (SSSR count). The Kier molecular flexibility index (Phi) is 7.47. The van der Waals surface area contributed by atoms with E-state index in [4.69, 9.17) is 13.9 Å². The molecule has 0 spiro atoms. The summed E-state index contributed by atoms with van der Waals surface area (Å²) in [5, 5.41) is 0. The van der Waals surface area contributed by atoms with Crippen molar-refractivity contribution in [3.63, 3.8) is 0 Å². The van der Waals surface area contributed by atoms with Crippen molar-refractivity contribution in [2.75, 3.05) is 9.80 Å². The normalized spacial score (nSPS) is 14.7. The second-order valence-electron chi connectivity index (χ2n) is 19.9. The third-order valence-electron chi connectivity index (χ3n) is 12.9. The Morgan fingerprint density at radius 3 is 1.61 bits per heavy atom. The van der Waals surface area contributed by atoms with Crippen LogP contribution in [0.5, 0.6) is 23.0 Å². The third-order valence-corrected chi connectivity index (χ3v) is 12.9. The van der Waals surface area contributed by atoms with Crippen molar-refractivity contribution in [3.05, 3.63) is 144 Å². The zero-order valence-electron chi connectivity index (χ0n) is 35.4. The molecule has 7 heteroatoms. The minimum absolute atomic E-state index is 0.0423. The van der Waals surface area contributed by atoms with Crippen LogP contribution in [0.1, 0.15) is 79.0 Å². The molecule has 0 N–H and O–H groups in total. The summed E-state index contributed by atoms with van der Waals surface area (Å²) >= 11 is 0. The van der Waals surface area contributed by atoms with Crippen LogP contribution in [0.15, 0.2) is 132 Å². The first-order valence-corrected chi connectivity index (χ1v) is 21.0. The number of benzene rings is 6. The molecule has 5 heterocycles.